The lowest BCUT2D eigenvalue weighted by atomic mass is 9.94. The van der Waals surface area contributed by atoms with Gasteiger partial charge in [0.25, 0.3) is 0 Å². The Hall–Kier alpha value is -0.950. The topological polar surface area (TPSA) is 92.4 Å². The zero-order valence-electron chi connectivity index (χ0n) is 11.6. The van der Waals surface area contributed by atoms with E-state index in [9.17, 15) is 13.5 Å². The van der Waals surface area contributed by atoms with Crippen LogP contribution in [0.1, 0.15) is 44.2 Å². The van der Waals surface area contributed by atoms with Crippen LogP contribution in [-0.2, 0) is 10.0 Å². The molecule has 1 saturated carbocycles. The number of aliphatic hydroxyl groups is 1. The first-order valence-electron chi connectivity index (χ1n) is 6.94. The van der Waals surface area contributed by atoms with Gasteiger partial charge in [-0.25, -0.2) is 13.1 Å². The van der Waals surface area contributed by atoms with Crippen LogP contribution in [0.25, 0.3) is 0 Å². The molecule has 0 radical (unpaired) electrons. The van der Waals surface area contributed by atoms with Crippen LogP contribution in [0.15, 0.2) is 29.2 Å². The first-order chi connectivity index (χ1) is 9.38. The summed E-state index contributed by atoms with van der Waals surface area (Å²) in [5.74, 6) is 0. The molecule has 0 amide bonds. The van der Waals surface area contributed by atoms with Gasteiger partial charge in [-0.1, -0.05) is 12.1 Å². The monoisotopic (exact) mass is 298 g/mol. The second-order valence-corrected chi connectivity index (χ2v) is 7.20. The lowest BCUT2D eigenvalue weighted by Gasteiger charge is -2.26. The Balaban J connectivity index is 2.12. The van der Waals surface area contributed by atoms with Gasteiger partial charge in [0, 0.05) is 12.1 Å². The Bertz CT molecular complexity index is 549. The van der Waals surface area contributed by atoms with E-state index in [1.807, 2.05) is 13.0 Å². The first kappa shape index (κ1) is 15.4. The van der Waals surface area contributed by atoms with Gasteiger partial charge >= 0.3 is 0 Å². The maximum absolute atomic E-state index is 12.3. The second-order valence-electron chi connectivity index (χ2n) is 5.49. The minimum absolute atomic E-state index is 0.0950. The van der Waals surface area contributed by atoms with E-state index < -0.39 is 10.0 Å². The predicted octanol–water partition coefficient (Wildman–Crippen LogP) is 1.29. The highest BCUT2D eigenvalue weighted by molar-refractivity contribution is 7.89. The van der Waals surface area contributed by atoms with Crippen LogP contribution in [0.3, 0.4) is 0 Å². The minimum atomic E-state index is -3.52. The van der Waals surface area contributed by atoms with E-state index in [2.05, 4.69) is 4.72 Å². The van der Waals surface area contributed by atoms with Crippen molar-refractivity contribution in [3.8, 4) is 0 Å². The number of nitrogens with two attached hydrogens (primary N) is 1. The smallest absolute Gasteiger partial charge is 0.240 e. The maximum atomic E-state index is 12.3. The van der Waals surface area contributed by atoms with Gasteiger partial charge < -0.3 is 10.8 Å². The highest BCUT2D eigenvalue weighted by Gasteiger charge is 2.25. The van der Waals surface area contributed by atoms with E-state index in [1.54, 1.807) is 18.2 Å². The average molecular weight is 298 g/mol. The lowest BCUT2D eigenvalue weighted by Crippen LogP contribution is -2.38. The Morgan fingerprint density at radius 3 is 2.55 bits per heavy atom. The van der Waals surface area contributed by atoms with E-state index >= 15 is 0 Å². The molecule has 0 saturated heterocycles. The Morgan fingerprint density at radius 2 is 1.95 bits per heavy atom. The lowest BCUT2D eigenvalue weighted by molar-refractivity contribution is 0.120. The molecule has 4 N–H and O–H groups in total. The van der Waals surface area contributed by atoms with Gasteiger partial charge in [-0.05, 0) is 50.3 Å². The number of hydrogen-bond donors (Lipinski definition) is 3. The molecule has 1 atom stereocenters. The molecule has 1 fully saturated rings. The summed E-state index contributed by atoms with van der Waals surface area (Å²) < 4.78 is 27.4. The Morgan fingerprint density at radius 1 is 1.30 bits per heavy atom. The first-order valence-corrected chi connectivity index (χ1v) is 8.43. The normalized spacial score (nSPS) is 25.4. The molecule has 2 rings (SSSR count). The number of aliphatic hydroxyl groups excluding tert-OH is 1. The fourth-order valence-corrected chi connectivity index (χ4v) is 3.81. The highest BCUT2D eigenvalue weighted by atomic mass is 32.2. The number of hydrogen-bond acceptors (Lipinski definition) is 4. The summed E-state index contributed by atoms with van der Waals surface area (Å²) in [4.78, 5) is 0.249. The maximum Gasteiger partial charge on any atom is 0.240 e. The molecule has 1 unspecified atom stereocenters. The average Bonchev–Trinajstić information content (AvgIpc) is 2.41. The van der Waals surface area contributed by atoms with E-state index in [4.69, 9.17) is 5.73 Å². The summed E-state index contributed by atoms with van der Waals surface area (Å²) in [5, 5.41) is 9.45. The van der Waals surface area contributed by atoms with Crippen molar-refractivity contribution in [2.75, 3.05) is 0 Å². The summed E-state index contributed by atoms with van der Waals surface area (Å²) >= 11 is 0. The molecule has 1 aromatic carbocycles. The predicted molar refractivity (Wildman–Crippen MR) is 77.6 cm³/mol. The van der Waals surface area contributed by atoms with Crippen molar-refractivity contribution in [1.82, 2.24) is 4.72 Å². The molecule has 1 aliphatic rings. The molecule has 0 spiro atoms. The summed E-state index contributed by atoms with van der Waals surface area (Å²) in [7, 11) is -3.52. The zero-order chi connectivity index (χ0) is 14.8. The molecular formula is C14H22N2O3S. The van der Waals surface area contributed by atoms with Crippen LogP contribution in [0.2, 0.25) is 0 Å². The van der Waals surface area contributed by atoms with Gasteiger partial charge in [0.1, 0.15) is 0 Å². The van der Waals surface area contributed by atoms with Crippen LogP contribution in [-0.4, -0.2) is 25.7 Å². The SMILES string of the molecule is CC(N)c1cccc(S(=O)(=O)NC2CCC(O)CC2)c1. The van der Waals surface area contributed by atoms with Crippen LogP contribution in [0.5, 0.6) is 0 Å². The van der Waals surface area contributed by atoms with E-state index in [-0.39, 0.29) is 23.1 Å². The van der Waals surface area contributed by atoms with Crippen molar-refractivity contribution in [3.05, 3.63) is 29.8 Å². The van der Waals surface area contributed by atoms with Gasteiger partial charge in [0.05, 0.1) is 11.0 Å². The van der Waals surface area contributed by atoms with Gasteiger partial charge in [0.15, 0.2) is 0 Å². The van der Waals surface area contributed by atoms with Crippen LogP contribution in [0, 0.1) is 0 Å². The Labute approximate surface area is 120 Å². The molecular weight excluding hydrogens is 276 g/mol. The van der Waals surface area contributed by atoms with Crippen molar-refractivity contribution < 1.29 is 13.5 Å². The molecule has 6 heteroatoms. The van der Waals surface area contributed by atoms with Crippen molar-refractivity contribution in [2.24, 2.45) is 5.73 Å². The fourth-order valence-electron chi connectivity index (χ4n) is 2.45. The van der Waals surface area contributed by atoms with Crippen molar-refractivity contribution in [3.63, 3.8) is 0 Å². The van der Waals surface area contributed by atoms with Gasteiger partial charge in [0.2, 0.25) is 10.0 Å². The second kappa shape index (κ2) is 6.22. The minimum Gasteiger partial charge on any atom is -0.393 e. The Kier molecular flexibility index (Phi) is 4.80. The number of benzene rings is 1. The summed E-state index contributed by atoms with van der Waals surface area (Å²) in [6.07, 6.45) is 2.35. The molecule has 1 aromatic rings. The van der Waals surface area contributed by atoms with Gasteiger partial charge in [-0.2, -0.15) is 0 Å². The molecule has 5 nitrogen and oxygen atoms in total. The van der Waals surface area contributed by atoms with Crippen molar-refractivity contribution in [2.45, 2.75) is 55.7 Å². The van der Waals surface area contributed by atoms with Crippen LogP contribution < -0.4 is 10.5 Å². The van der Waals surface area contributed by atoms with Crippen molar-refractivity contribution >= 4 is 10.0 Å². The summed E-state index contributed by atoms with van der Waals surface area (Å²) in [6, 6.07) is 6.42. The third-order valence-electron chi connectivity index (χ3n) is 3.71. The van der Waals surface area contributed by atoms with Crippen molar-refractivity contribution in [1.29, 1.82) is 0 Å². The number of rotatable bonds is 4. The molecule has 0 aromatic heterocycles. The molecule has 0 heterocycles. The molecule has 0 bridgehead atoms. The summed E-state index contributed by atoms with van der Waals surface area (Å²) in [5.41, 5.74) is 6.58. The van der Waals surface area contributed by atoms with Crippen LogP contribution in [0.4, 0.5) is 0 Å². The standard InChI is InChI=1S/C14H22N2O3S/c1-10(15)11-3-2-4-14(9-11)20(18,19)16-12-5-7-13(17)8-6-12/h2-4,9-10,12-13,16-17H,5-8,15H2,1H3. The fraction of sp³-hybridized carbons (Fsp3) is 0.571. The third kappa shape index (κ3) is 3.79. The number of sulfonamides is 1. The summed E-state index contributed by atoms with van der Waals surface area (Å²) in [6.45, 7) is 1.82. The van der Waals surface area contributed by atoms with E-state index in [0.29, 0.717) is 25.7 Å². The third-order valence-corrected chi connectivity index (χ3v) is 5.23. The molecule has 1 aliphatic carbocycles. The van der Waals surface area contributed by atoms with Crippen LogP contribution >= 0.6 is 0 Å². The highest BCUT2D eigenvalue weighted by Crippen LogP contribution is 2.21. The largest absolute Gasteiger partial charge is 0.393 e. The van der Waals surface area contributed by atoms with Gasteiger partial charge in [-0.15, -0.1) is 0 Å². The number of nitrogens with one attached hydrogen (secondary N) is 1. The molecule has 0 aliphatic heterocycles. The quantitative estimate of drug-likeness (QED) is 0.781. The van der Waals surface area contributed by atoms with E-state index in [0.717, 1.165) is 5.56 Å². The van der Waals surface area contributed by atoms with E-state index in [1.165, 1.54) is 0 Å². The molecule has 112 valence electrons. The van der Waals surface area contributed by atoms with Gasteiger partial charge in [-0.3, -0.25) is 0 Å². The molecule has 20 heavy (non-hydrogen) atoms. The zero-order valence-corrected chi connectivity index (χ0v) is 12.4.